The minimum absolute atomic E-state index is 0.000574. The highest BCUT2D eigenvalue weighted by molar-refractivity contribution is 6.31. The fourth-order valence-electron chi connectivity index (χ4n) is 1.66. The van der Waals surface area contributed by atoms with Crippen molar-refractivity contribution in [3.05, 3.63) is 45.4 Å². The number of rotatable bonds is 4. The van der Waals surface area contributed by atoms with Gasteiger partial charge in [-0.2, -0.15) is 29.9 Å². The molecule has 0 fully saturated rings. The largest absolute Gasteiger partial charge is 0.324 e. The summed E-state index contributed by atoms with van der Waals surface area (Å²) in [6.07, 6.45) is 0. The van der Waals surface area contributed by atoms with Crippen LogP contribution in [0.3, 0.4) is 0 Å². The van der Waals surface area contributed by atoms with E-state index in [1.54, 1.807) is 24.3 Å². The van der Waals surface area contributed by atoms with Gasteiger partial charge in [0.1, 0.15) is 0 Å². The van der Waals surface area contributed by atoms with Crippen molar-refractivity contribution in [3.63, 3.8) is 0 Å². The molecule has 0 aliphatic carbocycles. The molecule has 0 aliphatic rings. The number of anilines is 4. The molecule has 0 saturated carbocycles. The van der Waals surface area contributed by atoms with Crippen molar-refractivity contribution in [1.29, 1.82) is 0 Å². The second kappa shape index (κ2) is 7.27. The first-order valence-electron chi connectivity index (χ1n) is 6.26. The van der Waals surface area contributed by atoms with E-state index in [9.17, 15) is 0 Å². The van der Waals surface area contributed by atoms with Gasteiger partial charge in [0, 0.05) is 11.4 Å². The molecule has 0 atom stereocenters. The molecule has 24 heavy (non-hydrogen) atoms. The number of hydrogen-bond acceptors (Lipinski definition) is 8. The molecule has 8 nitrogen and oxygen atoms in total. The monoisotopic (exact) mass is 402 g/mol. The van der Waals surface area contributed by atoms with Crippen LogP contribution in [-0.4, -0.2) is 29.9 Å². The Hall–Kier alpha value is -2.00. The first-order chi connectivity index (χ1) is 11.5. The minimum atomic E-state index is -0.000574. The van der Waals surface area contributed by atoms with Crippen LogP contribution in [0.4, 0.5) is 23.3 Å². The highest BCUT2D eigenvalue weighted by Crippen LogP contribution is 2.20. The molecular weight excluding hydrogens is 398 g/mol. The highest BCUT2D eigenvalue weighted by Gasteiger charge is 2.05. The maximum Gasteiger partial charge on any atom is 0.232 e. The van der Waals surface area contributed by atoms with Gasteiger partial charge in [0.25, 0.3) is 0 Å². The molecule has 0 bridgehead atoms. The first kappa shape index (κ1) is 16.8. The van der Waals surface area contributed by atoms with Gasteiger partial charge in [-0.05, 0) is 70.7 Å². The molecule has 0 unspecified atom stereocenters. The van der Waals surface area contributed by atoms with E-state index in [0.717, 1.165) is 0 Å². The summed E-state index contributed by atoms with van der Waals surface area (Å²) in [4.78, 5) is 23.0. The zero-order valence-corrected chi connectivity index (χ0v) is 14.5. The Morgan fingerprint density at radius 2 is 0.792 bits per heavy atom. The fraction of sp³-hybridized carbons (Fsp3) is 0. The molecule has 0 saturated heterocycles. The van der Waals surface area contributed by atoms with Crippen LogP contribution in [0.1, 0.15) is 0 Å². The van der Waals surface area contributed by atoms with Crippen LogP contribution >= 0.6 is 46.4 Å². The summed E-state index contributed by atoms with van der Waals surface area (Å²) in [5.41, 5.74) is 1.43. The van der Waals surface area contributed by atoms with Gasteiger partial charge in [0.05, 0.1) is 0 Å². The van der Waals surface area contributed by atoms with Crippen LogP contribution < -0.4 is 10.6 Å². The molecule has 2 N–H and O–H groups in total. The van der Waals surface area contributed by atoms with Crippen molar-refractivity contribution >= 4 is 69.7 Å². The van der Waals surface area contributed by atoms with Gasteiger partial charge in [-0.15, -0.1) is 0 Å². The third-order valence-electron chi connectivity index (χ3n) is 2.56. The molecule has 2 heterocycles. The van der Waals surface area contributed by atoms with Crippen LogP contribution in [0.5, 0.6) is 0 Å². The normalized spacial score (nSPS) is 10.5. The maximum atomic E-state index is 5.72. The molecule has 2 aromatic heterocycles. The predicted octanol–water partition coefficient (Wildman–Crippen LogP) is 4.16. The van der Waals surface area contributed by atoms with E-state index in [1.807, 2.05) is 0 Å². The molecule has 3 aromatic rings. The highest BCUT2D eigenvalue weighted by atomic mass is 35.5. The van der Waals surface area contributed by atoms with Crippen LogP contribution in [0.2, 0.25) is 21.1 Å². The van der Waals surface area contributed by atoms with Crippen molar-refractivity contribution in [2.24, 2.45) is 0 Å². The molecule has 1 aromatic carbocycles. The molecule has 3 rings (SSSR count). The van der Waals surface area contributed by atoms with E-state index < -0.39 is 0 Å². The molecular formula is C12H6Cl4N8. The Kier molecular flexibility index (Phi) is 5.10. The summed E-state index contributed by atoms with van der Waals surface area (Å²) in [5.74, 6) is 0.466. The van der Waals surface area contributed by atoms with Gasteiger partial charge in [0.2, 0.25) is 33.0 Å². The van der Waals surface area contributed by atoms with Crippen molar-refractivity contribution in [2.45, 2.75) is 0 Å². The first-order valence-corrected chi connectivity index (χ1v) is 7.77. The summed E-state index contributed by atoms with van der Waals surface area (Å²) < 4.78 is 0. The lowest BCUT2D eigenvalue weighted by Gasteiger charge is -2.08. The fourth-order valence-corrected chi connectivity index (χ4v) is 2.39. The molecule has 12 heteroatoms. The smallest absolute Gasteiger partial charge is 0.232 e. The number of aromatic nitrogens is 6. The van der Waals surface area contributed by atoms with E-state index in [1.165, 1.54) is 0 Å². The second-order valence-corrected chi connectivity index (χ2v) is 5.57. The number of halogens is 4. The lowest BCUT2D eigenvalue weighted by Crippen LogP contribution is -2.01. The van der Waals surface area contributed by atoms with Gasteiger partial charge in [0.15, 0.2) is 0 Å². The van der Waals surface area contributed by atoms with E-state index in [2.05, 4.69) is 40.5 Å². The Balaban J connectivity index is 1.73. The number of hydrogen-bond donors (Lipinski definition) is 2. The predicted molar refractivity (Wildman–Crippen MR) is 92.7 cm³/mol. The second-order valence-electron chi connectivity index (χ2n) is 4.22. The topological polar surface area (TPSA) is 101 Å². The lowest BCUT2D eigenvalue weighted by molar-refractivity contribution is 1.05. The quantitative estimate of drug-likeness (QED) is 0.669. The van der Waals surface area contributed by atoms with Gasteiger partial charge < -0.3 is 10.6 Å². The Labute approximate surface area is 155 Å². The van der Waals surface area contributed by atoms with Crippen molar-refractivity contribution in [2.75, 3.05) is 10.6 Å². The third kappa shape index (κ3) is 4.51. The Morgan fingerprint density at radius 3 is 1.08 bits per heavy atom. The van der Waals surface area contributed by atoms with Crippen LogP contribution in [0.15, 0.2) is 24.3 Å². The van der Waals surface area contributed by atoms with Crippen molar-refractivity contribution < 1.29 is 0 Å². The number of nitrogens with one attached hydrogen (secondary N) is 2. The van der Waals surface area contributed by atoms with Crippen LogP contribution in [-0.2, 0) is 0 Å². The van der Waals surface area contributed by atoms with Gasteiger partial charge in [-0.25, -0.2) is 0 Å². The summed E-state index contributed by atoms with van der Waals surface area (Å²) in [6.45, 7) is 0. The van der Waals surface area contributed by atoms with E-state index in [-0.39, 0.29) is 33.0 Å². The summed E-state index contributed by atoms with van der Waals surface area (Å²) in [6, 6.07) is 7.10. The SMILES string of the molecule is Clc1nc(Cl)nc(Nc2ccc(Nc3nc(Cl)nc(Cl)n3)cc2)n1. The minimum Gasteiger partial charge on any atom is -0.324 e. The molecule has 0 amide bonds. The van der Waals surface area contributed by atoms with Crippen LogP contribution in [0, 0.1) is 0 Å². The van der Waals surface area contributed by atoms with E-state index >= 15 is 0 Å². The zero-order valence-electron chi connectivity index (χ0n) is 11.5. The van der Waals surface area contributed by atoms with Crippen molar-refractivity contribution in [3.8, 4) is 0 Å². The van der Waals surface area contributed by atoms with Gasteiger partial charge >= 0.3 is 0 Å². The average molecular weight is 404 g/mol. The number of nitrogens with zero attached hydrogens (tertiary/aromatic N) is 6. The van der Waals surface area contributed by atoms with Crippen molar-refractivity contribution in [1.82, 2.24) is 29.9 Å². The summed E-state index contributed by atoms with van der Waals surface area (Å²) in [7, 11) is 0. The molecule has 0 radical (unpaired) electrons. The molecule has 0 aliphatic heterocycles. The van der Waals surface area contributed by atoms with Gasteiger partial charge in [-0.3, -0.25) is 0 Å². The van der Waals surface area contributed by atoms with E-state index in [0.29, 0.717) is 11.4 Å². The summed E-state index contributed by atoms with van der Waals surface area (Å²) >= 11 is 22.9. The van der Waals surface area contributed by atoms with Gasteiger partial charge in [-0.1, -0.05) is 0 Å². The maximum absolute atomic E-state index is 5.72. The molecule has 0 spiro atoms. The average Bonchev–Trinajstić information content (AvgIpc) is 2.47. The Morgan fingerprint density at radius 1 is 0.500 bits per heavy atom. The van der Waals surface area contributed by atoms with E-state index in [4.69, 9.17) is 46.4 Å². The Bertz CT molecular complexity index is 760. The standard InChI is InChI=1S/C12H6Cl4N8/c13-7-19-8(14)22-11(21-7)17-5-1-2-6(4-3-5)18-12-23-9(15)20-10(16)24-12/h1-4H,(H,17,19,21,22)(H,18,20,23,24). The summed E-state index contributed by atoms with van der Waals surface area (Å²) in [5, 5.41) is 5.90. The molecule has 122 valence electrons. The lowest BCUT2D eigenvalue weighted by atomic mass is 10.3. The number of benzene rings is 1. The third-order valence-corrected chi connectivity index (χ3v) is 3.23. The zero-order chi connectivity index (χ0) is 17.1. The van der Waals surface area contributed by atoms with Crippen LogP contribution in [0.25, 0.3) is 0 Å².